The van der Waals surface area contributed by atoms with Crippen LogP contribution in [-0.2, 0) is 10.8 Å². The average molecular weight is 455 g/mol. The summed E-state index contributed by atoms with van der Waals surface area (Å²) in [6, 6.07) is 13.3. The van der Waals surface area contributed by atoms with Gasteiger partial charge in [-0.1, -0.05) is 12.1 Å². The van der Waals surface area contributed by atoms with Gasteiger partial charge in [0.2, 0.25) is 11.8 Å². The van der Waals surface area contributed by atoms with Crippen LogP contribution >= 0.6 is 0 Å². The van der Waals surface area contributed by atoms with Gasteiger partial charge in [0, 0.05) is 41.9 Å². The van der Waals surface area contributed by atoms with Crippen LogP contribution in [0.5, 0.6) is 5.88 Å². The lowest BCUT2D eigenvalue weighted by atomic mass is 10.1. The largest absolute Gasteiger partial charge is 0.481 e. The maximum atomic E-state index is 13.5. The number of ether oxygens (including phenoxy) is 1. The van der Waals surface area contributed by atoms with Crippen molar-refractivity contribution in [1.29, 1.82) is 0 Å². The second kappa shape index (κ2) is 8.05. The molecule has 3 heterocycles. The average Bonchev–Trinajstić information content (AvgIpc) is 3.41. The number of alkyl halides is 2. The molecule has 1 aliphatic carbocycles. The second-order valence-electron chi connectivity index (χ2n) is 7.80. The van der Waals surface area contributed by atoms with Crippen LogP contribution in [0, 0.1) is 0 Å². The quantitative estimate of drug-likeness (QED) is 0.434. The van der Waals surface area contributed by atoms with Crippen LogP contribution in [0.3, 0.4) is 0 Å². The number of methoxy groups -OCH3 is 1. The first kappa shape index (κ1) is 20.7. The van der Waals surface area contributed by atoms with Gasteiger partial charge in [0.05, 0.1) is 34.7 Å². The lowest BCUT2D eigenvalue weighted by Gasteiger charge is -2.11. The third-order valence-corrected chi connectivity index (χ3v) is 7.34. The van der Waals surface area contributed by atoms with E-state index in [0.717, 1.165) is 16.8 Å². The molecule has 0 saturated heterocycles. The summed E-state index contributed by atoms with van der Waals surface area (Å²) in [4.78, 5) is 9.06. The summed E-state index contributed by atoms with van der Waals surface area (Å²) in [6.45, 7) is 0. The van der Waals surface area contributed by atoms with Crippen molar-refractivity contribution >= 4 is 21.8 Å². The molecule has 1 aliphatic rings. The Kier molecular flexibility index (Phi) is 5.21. The van der Waals surface area contributed by atoms with Gasteiger partial charge in [-0.2, -0.15) is 5.10 Å². The molecule has 0 bridgehead atoms. The van der Waals surface area contributed by atoms with E-state index in [0.29, 0.717) is 21.8 Å². The summed E-state index contributed by atoms with van der Waals surface area (Å²) in [5, 5.41) is 4.61. The van der Waals surface area contributed by atoms with Gasteiger partial charge >= 0.3 is 0 Å². The summed E-state index contributed by atoms with van der Waals surface area (Å²) in [6.07, 6.45) is 4.54. The van der Waals surface area contributed by atoms with Crippen LogP contribution < -0.4 is 4.74 Å². The van der Waals surface area contributed by atoms with E-state index in [1.165, 1.54) is 6.20 Å². The molecule has 1 fully saturated rings. The fraction of sp³-hybridized carbons (Fsp3) is 0.261. The smallest absolute Gasteiger partial charge is 0.249 e. The van der Waals surface area contributed by atoms with Crippen LogP contribution in [-0.4, -0.2) is 42.2 Å². The SMILES string of the molecule is COc1cc(-c2cccc(-n3ncc4cc(S(=O)[C@@H]5CCC(F)(F)C5)cnc43)c2)ccn1. The van der Waals surface area contributed by atoms with Crippen LogP contribution in [0.4, 0.5) is 8.78 Å². The zero-order valence-electron chi connectivity index (χ0n) is 17.2. The summed E-state index contributed by atoms with van der Waals surface area (Å²) >= 11 is 0. The molecule has 164 valence electrons. The summed E-state index contributed by atoms with van der Waals surface area (Å²) in [5.41, 5.74) is 3.33. The van der Waals surface area contributed by atoms with Gasteiger partial charge in [-0.05, 0) is 41.8 Å². The molecule has 0 radical (unpaired) electrons. The maximum Gasteiger partial charge on any atom is 0.249 e. The van der Waals surface area contributed by atoms with E-state index in [-0.39, 0.29) is 19.3 Å². The Morgan fingerprint density at radius 3 is 2.75 bits per heavy atom. The zero-order valence-corrected chi connectivity index (χ0v) is 18.1. The number of aromatic nitrogens is 4. The highest BCUT2D eigenvalue weighted by atomic mass is 32.2. The Morgan fingerprint density at radius 1 is 1.12 bits per heavy atom. The highest BCUT2D eigenvalue weighted by molar-refractivity contribution is 7.85. The lowest BCUT2D eigenvalue weighted by molar-refractivity contribution is 0.00967. The Balaban J connectivity index is 1.46. The number of hydrogen-bond donors (Lipinski definition) is 0. The molecule has 6 nitrogen and oxygen atoms in total. The van der Waals surface area contributed by atoms with Crippen molar-refractivity contribution in [1.82, 2.24) is 19.7 Å². The van der Waals surface area contributed by atoms with E-state index in [2.05, 4.69) is 15.1 Å². The molecule has 1 unspecified atom stereocenters. The van der Waals surface area contributed by atoms with E-state index < -0.39 is 22.0 Å². The molecule has 3 aromatic heterocycles. The van der Waals surface area contributed by atoms with E-state index in [4.69, 9.17) is 4.74 Å². The first-order valence-electron chi connectivity index (χ1n) is 10.2. The number of pyridine rings is 2. The summed E-state index contributed by atoms with van der Waals surface area (Å²) in [5.74, 6) is -2.20. The number of hydrogen-bond acceptors (Lipinski definition) is 5. The van der Waals surface area contributed by atoms with Gasteiger partial charge < -0.3 is 4.74 Å². The molecule has 9 heteroatoms. The normalized spacial score (nSPS) is 18.7. The van der Waals surface area contributed by atoms with Crippen LogP contribution in [0.25, 0.3) is 27.8 Å². The molecule has 4 aromatic rings. The summed E-state index contributed by atoms with van der Waals surface area (Å²) in [7, 11) is 0.0473. The number of rotatable bonds is 5. The van der Waals surface area contributed by atoms with Gasteiger partial charge in [0.15, 0.2) is 5.65 Å². The standard InChI is InChI=1S/C23H20F2N4O2S/c1-31-21-11-16(6-8-26-21)15-3-2-4-18(9-15)29-22-17(13-28-29)10-20(14-27-22)32(30)19-5-7-23(24,25)12-19/h2-4,6,8-11,13-14,19H,5,7,12H2,1H3/t19-,32?/m1/s1. The van der Waals surface area contributed by atoms with Crippen molar-refractivity contribution in [3.8, 4) is 22.7 Å². The minimum atomic E-state index is -2.73. The fourth-order valence-electron chi connectivity index (χ4n) is 4.00. The predicted octanol–water partition coefficient (Wildman–Crippen LogP) is 4.79. The van der Waals surface area contributed by atoms with E-state index in [9.17, 15) is 13.0 Å². The van der Waals surface area contributed by atoms with Crippen molar-refractivity contribution in [3.63, 3.8) is 0 Å². The Labute approximate surface area is 185 Å². The fourth-order valence-corrected chi connectivity index (χ4v) is 5.51. The molecule has 1 saturated carbocycles. The first-order chi connectivity index (χ1) is 15.4. The monoisotopic (exact) mass is 454 g/mol. The molecule has 1 aromatic carbocycles. The molecular weight excluding hydrogens is 434 g/mol. The van der Waals surface area contributed by atoms with Gasteiger partial charge in [0.1, 0.15) is 0 Å². The van der Waals surface area contributed by atoms with Crippen LogP contribution in [0.15, 0.2) is 66.0 Å². The summed E-state index contributed by atoms with van der Waals surface area (Å²) < 4.78 is 46.8. The van der Waals surface area contributed by atoms with E-state index >= 15 is 0 Å². The Hall–Kier alpha value is -3.20. The number of fused-ring (bicyclic) bond motifs is 1. The van der Waals surface area contributed by atoms with Crippen molar-refractivity contribution in [2.75, 3.05) is 7.11 Å². The molecule has 0 spiro atoms. The van der Waals surface area contributed by atoms with Crippen LogP contribution in [0.2, 0.25) is 0 Å². The Bertz CT molecular complexity index is 1320. The zero-order chi connectivity index (χ0) is 22.3. The lowest BCUT2D eigenvalue weighted by Crippen LogP contribution is -2.16. The molecule has 0 aliphatic heterocycles. The predicted molar refractivity (Wildman–Crippen MR) is 118 cm³/mol. The van der Waals surface area contributed by atoms with Crippen molar-refractivity contribution in [3.05, 3.63) is 61.1 Å². The second-order valence-corrected chi connectivity index (χ2v) is 9.53. The minimum absolute atomic E-state index is 0.212. The number of nitrogens with zero attached hydrogens (tertiary/aromatic N) is 4. The van der Waals surface area contributed by atoms with Crippen molar-refractivity contribution in [2.45, 2.75) is 35.3 Å². The van der Waals surface area contributed by atoms with Gasteiger partial charge in [-0.15, -0.1) is 0 Å². The topological polar surface area (TPSA) is 69.9 Å². The van der Waals surface area contributed by atoms with Crippen molar-refractivity contribution < 1.29 is 17.7 Å². The van der Waals surface area contributed by atoms with E-state index in [1.54, 1.807) is 30.3 Å². The van der Waals surface area contributed by atoms with Gasteiger partial charge in [-0.3, -0.25) is 4.21 Å². The van der Waals surface area contributed by atoms with Crippen molar-refractivity contribution in [2.24, 2.45) is 0 Å². The number of halogens is 2. The molecular formula is C23H20F2N4O2S. The maximum absolute atomic E-state index is 13.5. The molecule has 0 N–H and O–H groups in total. The first-order valence-corrected chi connectivity index (χ1v) is 11.4. The number of benzene rings is 1. The van der Waals surface area contributed by atoms with E-state index in [1.807, 2.05) is 36.4 Å². The Morgan fingerprint density at radius 2 is 1.97 bits per heavy atom. The molecule has 2 atom stereocenters. The third-order valence-electron chi connectivity index (χ3n) is 5.64. The molecule has 0 amide bonds. The van der Waals surface area contributed by atoms with Crippen LogP contribution in [0.1, 0.15) is 19.3 Å². The van der Waals surface area contributed by atoms with Gasteiger partial charge in [0.25, 0.3) is 0 Å². The molecule has 32 heavy (non-hydrogen) atoms. The third kappa shape index (κ3) is 3.88. The minimum Gasteiger partial charge on any atom is -0.481 e. The highest BCUT2D eigenvalue weighted by Crippen LogP contribution is 2.39. The highest BCUT2D eigenvalue weighted by Gasteiger charge is 2.42. The molecule has 5 rings (SSSR count). The van der Waals surface area contributed by atoms with Gasteiger partial charge in [-0.25, -0.2) is 23.4 Å².